The molecule has 6 nitrogen and oxygen atoms in total. The Morgan fingerprint density at radius 2 is 2.03 bits per heavy atom. The number of carboxylic acid groups (broad SMARTS) is 1. The zero-order chi connectivity index (χ0) is 23.5. The number of carbonyl (C=O) groups is 2. The monoisotopic (exact) mass is 467 g/mol. The maximum absolute atomic E-state index is 12.9. The molecule has 0 saturated heterocycles. The molecule has 2 aromatic heterocycles. The van der Waals surface area contributed by atoms with Gasteiger partial charge in [-0.05, 0) is 60.7 Å². The summed E-state index contributed by atoms with van der Waals surface area (Å²) in [5.74, 6) is 0.402. The number of carbonyl (C=O) groups excluding carboxylic acids is 1. The largest absolute Gasteiger partial charge is 0.480 e. The van der Waals surface area contributed by atoms with Crippen molar-refractivity contribution >= 4 is 34.2 Å². The molecule has 3 atom stereocenters. The van der Waals surface area contributed by atoms with Crippen LogP contribution in [0.4, 0.5) is 0 Å². The number of benzene rings is 1. The first-order valence-electron chi connectivity index (χ1n) is 11.9. The zero-order valence-electron chi connectivity index (χ0n) is 19.6. The highest BCUT2D eigenvalue weighted by molar-refractivity contribution is 7.09. The second-order valence-corrected chi connectivity index (χ2v) is 10.7. The number of hydrogen-bond donors (Lipinski definition) is 2. The van der Waals surface area contributed by atoms with Crippen LogP contribution in [-0.4, -0.2) is 32.6 Å². The molecule has 1 aliphatic carbocycles. The molecule has 0 radical (unpaired) electrons. The van der Waals surface area contributed by atoms with Crippen LogP contribution in [0.2, 0.25) is 0 Å². The molecule has 1 amide bonds. The maximum Gasteiger partial charge on any atom is 0.326 e. The molecule has 33 heavy (non-hydrogen) atoms. The Balaban J connectivity index is 1.68. The third-order valence-electron chi connectivity index (χ3n) is 6.65. The van der Waals surface area contributed by atoms with Crippen molar-refractivity contribution in [1.29, 1.82) is 0 Å². The van der Waals surface area contributed by atoms with Gasteiger partial charge in [-0.3, -0.25) is 4.79 Å². The minimum Gasteiger partial charge on any atom is -0.480 e. The van der Waals surface area contributed by atoms with Gasteiger partial charge in [-0.2, -0.15) is 0 Å². The number of nitrogens with zero attached hydrogens (tertiary/aromatic N) is 2. The molecular formula is C26H33N3O3S. The van der Waals surface area contributed by atoms with E-state index in [0.29, 0.717) is 23.9 Å². The summed E-state index contributed by atoms with van der Waals surface area (Å²) < 4.78 is 2.40. The fraction of sp³-hybridized carbons (Fsp3) is 0.500. The lowest BCUT2D eigenvalue weighted by Gasteiger charge is -2.31. The van der Waals surface area contributed by atoms with Crippen LogP contribution in [0.15, 0.2) is 35.7 Å². The molecule has 2 N–H and O–H groups in total. The predicted molar refractivity (Wildman–Crippen MR) is 132 cm³/mol. The van der Waals surface area contributed by atoms with Crippen LogP contribution in [0.5, 0.6) is 0 Å². The van der Waals surface area contributed by atoms with Crippen molar-refractivity contribution in [1.82, 2.24) is 14.9 Å². The molecule has 7 heteroatoms. The van der Waals surface area contributed by atoms with E-state index >= 15 is 0 Å². The van der Waals surface area contributed by atoms with Crippen molar-refractivity contribution in [3.63, 3.8) is 0 Å². The van der Waals surface area contributed by atoms with Gasteiger partial charge in [0.05, 0.1) is 11.0 Å². The van der Waals surface area contributed by atoms with Crippen molar-refractivity contribution in [2.45, 2.75) is 71.4 Å². The molecule has 1 saturated carbocycles. The fourth-order valence-electron chi connectivity index (χ4n) is 4.97. The van der Waals surface area contributed by atoms with Crippen LogP contribution in [-0.2, 0) is 11.2 Å². The third kappa shape index (κ3) is 5.29. The van der Waals surface area contributed by atoms with Gasteiger partial charge in [-0.25, -0.2) is 9.78 Å². The van der Waals surface area contributed by atoms with E-state index in [9.17, 15) is 14.7 Å². The van der Waals surface area contributed by atoms with Crippen molar-refractivity contribution < 1.29 is 14.7 Å². The molecule has 4 rings (SSSR count). The van der Waals surface area contributed by atoms with Gasteiger partial charge >= 0.3 is 5.97 Å². The average Bonchev–Trinajstić information content (AvgIpc) is 3.40. The van der Waals surface area contributed by atoms with Crippen molar-refractivity contribution in [3.8, 4) is 0 Å². The first-order valence-corrected chi connectivity index (χ1v) is 12.8. The quantitative estimate of drug-likeness (QED) is 0.447. The second-order valence-electron chi connectivity index (χ2n) is 9.68. The van der Waals surface area contributed by atoms with Crippen molar-refractivity contribution in [2.24, 2.45) is 11.8 Å². The van der Waals surface area contributed by atoms with Crippen LogP contribution in [0.1, 0.15) is 80.0 Å². The van der Waals surface area contributed by atoms with Gasteiger partial charge in [0.15, 0.2) is 0 Å². The number of fused-ring (bicyclic) bond motifs is 1. The summed E-state index contributed by atoms with van der Waals surface area (Å²) in [6.45, 7) is 6.22. The Morgan fingerprint density at radius 1 is 1.24 bits per heavy atom. The topological polar surface area (TPSA) is 84.2 Å². The van der Waals surface area contributed by atoms with Gasteiger partial charge in [0.2, 0.25) is 0 Å². The Morgan fingerprint density at radius 3 is 2.70 bits per heavy atom. The van der Waals surface area contributed by atoms with E-state index in [-0.39, 0.29) is 11.8 Å². The molecule has 1 unspecified atom stereocenters. The number of aromatic nitrogens is 2. The summed E-state index contributed by atoms with van der Waals surface area (Å²) in [6.07, 6.45) is 6.02. The standard InChI is InChI=1S/C26H33N3O3S/c1-16(2)13-21(26(31)32)28-25(30)18-10-11-23-20(14-18)27-24(15-19-8-6-12-33-19)29(23)22-9-5-4-7-17(22)3/h6,8,10-12,14,16-17,21-22H,4-5,7,9,13,15H2,1-3H3,(H,28,30)(H,31,32)/t17-,21?,22-/m0/s1. The number of aliphatic carboxylic acids is 1. The molecule has 0 bridgehead atoms. The summed E-state index contributed by atoms with van der Waals surface area (Å²) in [5.41, 5.74) is 2.29. The van der Waals surface area contributed by atoms with E-state index in [2.05, 4.69) is 34.3 Å². The van der Waals surface area contributed by atoms with Crippen LogP contribution in [0, 0.1) is 11.8 Å². The van der Waals surface area contributed by atoms with Gasteiger partial charge in [-0.1, -0.05) is 39.7 Å². The number of carboxylic acids is 1. The number of thiophene rings is 1. The molecule has 0 aliphatic heterocycles. The van der Waals surface area contributed by atoms with Crippen LogP contribution >= 0.6 is 11.3 Å². The van der Waals surface area contributed by atoms with Gasteiger partial charge in [0.25, 0.3) is 5.91 Å². The molecular weight excluding hydrogens is 434 g/mol. The summed E-state index contributed by atoms with van der Waals surface area (Å²) in [4.78, 5) is 30.7. The second kappa shape index (κ2) is 10.1. The summed E-state index contributed by atoms with van der Waals surface area (Å²) in [6, 6.07) is 9.29. The minimum absolute atomic E-state index is 0.168. The highest BCUT2D eigenvalue weighted by atomic mass is 32.1. The molecule has 1 fully saturated rings. The Labute approximate surface area is 199 Å². The lowest BCUT2D eigenvalue weighted by atomic mass is 9.85. The highest BCUT2D eigenvalue weighted by Gasteiger charge is 2.28. The Hall–Kier alpha value is -2.67. The fourth-order valence-corrected chi connectivity index (χ4v) is 5.67. The average molecular weight is 468 g/mol. The number of nitrogens with one attached hydrogen (secondary N) is 1. The third-order valence-corrected chi connectivity index (χ3v) is 7.52. The van der Waals surface area contributed by atoms with Crippen LogP contribution in [0.25, 0.3) is 11.0 Å². The van der Waals surface area contributed by atoms with E-state index in [1.165, 1.54) is 24.1 Å². The molecule has 1 aromatic carbocycles. The van der Waals surface area contributed by atoms with E-state index in [1.54, 1.807) is 23.5 Å². The van der Waals surface area contributed by atoms with Gasteiger partial charge in [0.1, 0.15) is 11.9 Å². The predicted octanol–water partition coefficient (Wildman–Crippen LogP) is 5.67. The van der Waals surface area contributed by atoms with E-state index < -0.39 is 12.0 Å². The molecule has 0 spiro atoms. The Bertz CT molecular complexity index is 1120. The molecule has 3 aromatic rings. The summed E-state index contributed by atoms with van der Waals surface area (Å²) in [7, 11) is 0. The summed E-state index contributed by atoms with van der Waals surface area (Å²) >= 11 is 1.73. The SMILES string of the molecule is CC(C)CC(NC(=O)c1ccc2c(c1)nc(Cc1cccs1)n2[C@H]1CCCC[C@@H]1C)C(=O)O. The maximum atomic E-state index is 12.9. The van der Waals surface area contributed by atoms with Gasteiger partial charge in [-0.15, -0.1) is 11.3 Å². The first kappa shape index (κ1) is 23.5. The lowest BCUT2D eigenvalue weighted by molar-refractivity contribution is -0.139. The van der Waals surface area contributed by atoms with E-state index in [4.69, 9.17) is 4.98 Å². The minimum atomic E-state index is -1.01. The van der Waals surface area contributed by atoms with Gasteiger partial charge < -0.3 is 15.0 Å². The number of hydrogen-bond acceptors (Lipinski definition) is 4. The van der Waals surface area contributed by atoms with Gasteiger partial charge in [0, 0.05) is 22.9 Å². The van der Waals surface area contributed by atoms with E-state index in [1.807, 2.05) is 19.9 Å². The first-order chi connectivity index (χ1) is 15.8. The smallest absolute Gasteiger partial charge is 0.326 e. The Kier molecular flexibility index (Phi) is 7.17. The van der Waals surface area contributed by atoms with Crippen LogP contribution < -0.4 is 5.32 Å². The number of imidazole rings is 1. The summed E-state index contributed by atoms with van der Waals surface area (Å²) in [5, 5.41) is 14.3. The number of amides is 1. The lowest BCUT2D eigenvalue weighted by Crippen LogP contribution is -2.41. The highest BCUT2D eigenvalue weighted by Crippen LogP contribution is 2.37. The number of rotatable bonds is 8. The van der Waals surface area contributed by atoms with E-state index in [0.717, 1.165) is 29.7 Å². The zero-order valence-corrected chi connectivity index (χ0v) is 20.4. The molecule has 2 heterocycles. The molecule has 1 aliphatic rings. The van der Waals surface area contributed by atoms with Crippen molar-refractivity contribution in [2.75, 3.05) is 0 Å². The molecule has 176 valence electrons. The normalized spacial score (nSPS) is 19.6. The van der Waals surface area contributed by atoms with Crippen LogP contribution in [0.3, 0.4) is 0 Å². The van der Waals surface area contributed by atoms with Crippen molar-refractivity contribution in [3.05, 3.63) is 52.0 Å².